The number of unbranched alkanes of at least 4 members (excludes halogenated alkanes) is 23. The van der Waals surface area contributed by atoms with Gasteiger partial charge in [0.05, 0.1) is 26.4 Å². The van der Waals surface area contributed by atoms with E-state index < -0.39 is 97.5 Å². The number of carbonyl (C=O) groups excluding carboxylic acids is 4. The predicted octanol–water partition coefficient (Wildman–Crippen LogP) is 22.1. The summed E-state index contributed by atoms with van der Waals surface area (Å²) in [5.41, 5.74) is 0. The first-order chi connectivity index (χ1) is 48.7. The van der Waals surface area contributed by atoms with E-state index >= 15 is 0 Å². The number of aliphatic hydroxyl groups is 1. The van der Waals surface area contributed by atoms with Crippen molar-refractivity contribution in [2.45, 2.75) is 316 Å². The summed E-state index contributed by atoms with van der Waals surface area (Å²) in [6.07, 6.45) is 80.4. The Hall–Kier alpha value is -4.80. The second-order valence-corrected chi connectivity index (χ2v) is 28.1. The molecule has 0 aliphatic heterocycles. The van der Waals surface area contributed by atoms with Crippen molar-refractivity contribution < 1.29 is 80.2 Å². The van der Waals surface area contributed by atoms with E-state index in [-0.39, 0.29) is 25.7 Å². The Bertz CT molecular complexity index is 2420. The van der Waals surface area contributed by atoms with Crippen LogP contribution < -0.4 is 0 Å². The number of carbonyl (C=O) groups is 4. The fourth-order valence-corrected chi connectivity index (χ4v) is 11.4. The van der Waals surface area contributed by atoms with Crippen molar-refractivity contribution in [1.82, 2.24) is 0 Å². The largest absolute Gasteiger partial charge is 0.472 e. The monoisotopic (exact) mass is 1440 g/mol. The van der Waals surface area contributed by atoms with Crippen molar-refractivity contribution >= 4 is 39.5 Å². The molecule has 572 valence electrons. The van der Waals surface area contributed by atoms with E-state index in [2.05, 4.69) is 137 Å². The van der Waals surface area contributed by atoms with Gasteiger partial charge in [0.1, 0.15) is 19.3 Å². The maximum Gasteiger partial charge on any atom is 0.472 e. The molecule has 0 radical (unpaired) electrons. The van der Waals surface area contributed by atoms with Crippen LogP contribution in [0.1, 0.15) is 297 Å². The van der Waals surface area contributed by atoms with Gasteiger partial charge in [-0.05, 0) is 122 Å². The summed E-state index contributed by atoms with van der Waals surface area (Å²) in [6.45, 7) is 4.47. The van der Waals surface area contributed by atoms with E-state index in [0.29, 0.717) is 38.5 Å². The first kappa shape index (κ1) is 95.2. The van der Waals surface area contributed by atoms with Gasteiger partial charge in [-0.15, -0.1) is 0 Å². The highest BCUT2D eigenvalue weighted by molar-refractivity contribution is 7.47. The Morgan fingerprint density at radius 1 is 0.290 bits per heavy atom. The van der Waals surface area contributed by atoms with Crippen molar-refractivity contribution in [2.75, 3.05) is 39.6 Å². The number of aliphatic hydroxyl groups excluding tert-OH is 1. The molecule has 0 aliphatic rings. The predicted molar refractivity (Wildman–Crippen MR) is 408 cm³/mol. The van der Waals surface area contributed by atoms with Crippen LogP contribution in [0.15, 0.2) is 134 Å². The zero-order valence-electron chi connectivity index (χ0n) is 62.3. The molecule has 17 nitrogen and oxygen atoms in total. The summed E-state index contributed by atoms with van der Waals surface area (Å²) in [7, 11) is -9.99. The van der Waals surface area contributed by atoms with Crippen LogP contribution in [0.3, 0.4) is 0 Å². The third-order valence-corrected chi connectivity index (χ3v) is 17.5. The van der Waals surface area contributed by atoms with E-state index in [4.69, 9.17) is 37.0 Å². The maximum atomic E-state index is 13.1. The van der Waals surface area contributed by atoms with Crippen molar-refractivity contribution in [1.29, 1.82) is 0 Å². The maximum absolute atomic E-state index is 13.1. The van der Waals surface area contributed by atoms with Crippen molar-refractivity contribution in [3.05, 3.63) is 134 Å². The molecule has 0 spiro atoms. The summed E-state index contributed by atoms with van der Waals surface area (Å²) in [5, 5.41) is 10.6. The zero-order chi connectivity index (χ0) is 73.2. The van der Waals surface area contributed by atoms with Gasteiger partial charge in [-0.1, -0.05) is 283 Å². The lowest BCUT2D eigenvalue weighted by molar-refractivity contribution is -0.161. The Labute approximate surface area is 605 Å². The highest BCUT2D eigenvalue weighted by Crippen LogP contribution is 2.45. The molecule has 5 unspecified atom stereocenters. The first-order valence-electron chi connectivity index (χ1n) is 38.4. The normalized spacial score (nSPS) is 14.7. The average Bonchev–Trinajstić information content (AvgIpc) is 1.00. The molecule has 19 heteroatoms. The van der Waals surface area contributed by atoms with Gasteiger partial charge in [-0.3, -0.25) is 37.3 Å². The van der Waals surface area contributed by atoms with Gasteiger partial charge in [0.2, 0.25) is 0 Å². The lowest BCUT2D eigenvalue weighted by Crippen LogP contribution is -2.30. The fraction of sp³-hybridized carbons (Fsp3) is 0.679. The quantitative estimate of drug-likeness (QED) is 0.0169. The Balaban J connectivity index is 5.44. The molecule has 0 saturated carbocycles. The van der Waals surface area contributed by atoms with E-state index in [1.165, 1.54) is 83.5 Å². The Morgan fingerprint density at radius 2 is 0.540 bits per heavy atom. The van der Waals surface area contributed by atoms with Crippen LogP contribution in [0, 0.1) is 0 Å². The molecule has 0 aromatic rings. The van der Waals surface area contributed by atoms with Crippen LogP contribution >= 0.6 is 15.6 Å². The molecule has 100 heavy (non-hydrogen) atoms. The minimum atomic E-state index is -5.01. The van der Waals surface area contributed by atoms with Gasteiger partial charge in [0.25, 0.3) is 0 Å². The highest BCUT2D eigenvalue weighted by atomic mass is 31.2. The molecule has 0 aliphatic carbocycles. The van der Waals surface area contributed by atoms with Crippen molar-refractivity contribution in [3.63, 3.8) is 0 Å². The van der Waals surface area contributed by atoms with E-state index in [0.717, 1.165) is 122 Å². The Kier molecular flexibility index (Phi) is 69.1. The molecule has 0 rings (SSSR count). The third kappa shape index (κ3) is 71.6. The molecular formula is C81H136O17P2. The summed E-state index contributed by atoms with van der Waals surface area (Å²) >= 11 is 0. The summed E-state index contributed by atoms with van der Waals surface area (Å²) in [6, 6.07) is 0. The SMILES string of the molecule is CC/C=C\C/C=C\C/C=C\C/C=C\C/C=C\CCCC(=O)OCC(COP(=O)(O)OCC(O)COP(=O)(O)OCC(COC(=O)CCCCCCCCCCCCCCCCC)OC(=O)CCCCCCC/C=C\CCCC)OC(=O)CCC/C=C\C/C=C\C/C=C\C/C=C\C/C=C\CC. The standard InChI is InChI=1S/C81H136O17P2/c1-5-9-13-17-21-25-29-32-35-37-40-43-47-50-54-58-62-66-79(84)92-72-77(98-81(86)68-64-60-56-52-48-44-41-38-36-33-30-26-22-18-14-10-6-2)74-96-100(89,90)94-70-75(82)69-93-99(87,88)95-73-76(97-80(85)67-63-59-55-51-45-28-24-20-16-12-8-4)71-91-78(83)65-61-57-53-49-46-42-39-34-31-27-23-19-15-11-7-3/h9-10,13-14,20-22,24-26,32-33,35-36,40-41,43-44,50,52,54,56,75-77,82H,5-8,11-12,15-19,23,27-31,34,37-39,42,45-49,51,53,55,57-74H2,1-4H3,(H,87,88)(H,89,90)/b13-9-,14-10-,24-20-,25-21-,26-22-,35-32-,36-33-,43-40-,44-41-,54-50-,56-52-. The topological polar surface area (TPSA) is 237 Å². The third-order valence-electron chi connectivity index (χ3n) is 15.6. The van der Waals surface area contributed by atoms with Crippen LogP contribution in [0.5, 0.6) is 0 Å². The van der Waals surface area contributed by atoms with E-state index in [9.17, 15) is 43.2 Å². The van der Waals surface area contributed by atoms with Crippen molar-refractivity contribution in [3.8, 4) is 0 Å². The zero-order valence-corrected chi connectivity index (χ0v) is 64.1. The van der Waals surface area contributed by atoms with Gasteiger partial charge in [-0.2, -0.15) is 0 Å². The van der Waals surface area contributed by atoms with Crippen molar-refractivity contribution in [2.24, 2.45) is 0 Å². The molecule has 0 amide bonds. The number of phosphoric acid groups is 2. The van der Waals surface area contributed by atoms with Crippen LogP contribution in [0.25, 0.3) is 0 Å². The number of ether oxygens (including phenoxy) is 4. The van der Waals surface area contributed by atoms with Gasteiger partial charge >= 0.3 is 39.5 Å². The fourth-order valence-electron chi connectivity index (χ4n) is 9.80. The molecule has 0 aromatic heterocycles. The molecule has 3 N–H and O–H groups in total. The lowest BCUT2D eigenvalue weighted by Gasteiger charge is -2.21. The molecule has 0 heterocycles. The number of hydrogen-bond acceptors (Lipinski definition) is 15. The summed E-state index contributed by atoms with van der Waals surface area (Å²) in [4.78, 5) is 72.8. The minimum Gasteiger partial charge on any atom is -0.462 e. The Morgan fingerprint density at radius 3 is 0.890 bits per heavy atom. The molecule has 0 fully saturated rings. The molecule has 0 bridgehead atoms. The second-order valence-electron chi connectivity index (χ2n) is 25.2. The van der Waals surface area contributed by atoms with E-state index in [1.807, 2.05) is 24.3 Å². The molecule has 5 atom stereocenters. The number of hydrogen-bond donors (Lipinski definition) is 3. The van der Waals surface area contributed by atoms with E-state index in [1.54, 1.807) is 0 Å². The van der Waals surface area contributed by atoms with Gasteiger partial charge in [0.15, 0.2) is 12.2 Å². The number of esters is 4. The van der Waals surface area contributed by atoms with Gasteiger partial charge < -0.3 is 33.8 Å². The lowest BCUT2D eigenvalue weighted by atomic mass is 10.0. The number of allylic oxidation sites excluding steroid dienone is 22. The first-order valence-corrected chi connectivity index (χ1v) is 41.4. The highest BCUT2D eigenvalue weighted by Gasteiger charge is 2.30. The number of phosphoric ester groups is 2. The molecule has 0 aromatic carbocycles. The van der Waals surface area contributed by atoms with Crippen LogP contribution in [-0.2, 0) is 65.4 Å². The molecular weight excluding hydrogens is 1310 g/mol. The summed E-state index contributed by atoms with van der Waals surface area (Å²) in [5.74, 6) is -2.32. The van der Waals surface area contributed by atoms with Crippen LogP contribution in [0.2, 0.25) is 0 Å². The number of rotatable bonds is 71. The van der Waals surface area contributed by atoms with Crippen LogP contribution in [-0.4, -0.2) is 96.7 Å². The summed E-state index contributed by atoms with van der Waals surface area (Å²) < 4.78 is 68.3. The smallest absolute Gasteiger partial charge is 0.462 e. The van der Waals surface area contributed by atoms with Gasteiger partial charge in [-0.25, -0.2) is 9.13 Å². The second kappa shape index (κ2) is 72.5. The minimum absolute atomic E-state index is 0.000812. The molecule has 0 saturated heterocycles. The average molecular weight is 1440 g/mol. The van der Waals surface area contributed by atoms with Crippen LogP contribution in [0.4, 0.5) is 0 Å². The van der Waals surface area contributed by atoms with Gasteiger partial charge in [0, 0.05) is 25.7 Å².